The molecule has 0 bridgehead atoms. The van der Waals surface area contributed by atoms with Crippen LogP contribution in [0.1, 0.15) is 10.5 Å². The lowest BCUT2D eigenvalue weighted by molar-refractivity contribution is -0.389. The van der Waals surface area contributed by atoms with Gasteiger partial charge in [-0.3, -0.25) is 4.79 Å². The van der Waals surface area contributed by atoms with E-state index in [-0.39, 0.29) is 11.4 Å². The van der Waals surface area contributed by atoms with Crippen LogP contribution in [0, 0.1) is 21.7 Å². The lowest BCUT2D eigenvalue weighted by atomic mass is 10.3. The zero-order valence-corrected chi connectivity index (χ0v) is 9.18. The smallest absolute Gasteiger partial charge is 0.358 e. The van der Waals surface area contributed by atoms with E-state index in [2.05, 4.69) is 15.5 Å². The van der Waals surface area contributed by atoms with Gasteiger partial charge in [0.05, 0.1) is 16.9 Å². The van der Waals surface area contributed by atoms with Crippen LogP contribution in [0.15, 0.2) is 24.3 Å². The summed E-state index contributed by atoms with van der Waals surface area (Å²) in [5, 5.41) is 17.8. The average Bonchev–Trinajstić information content (AvgIpc) is 2.84. The predicted molar refractivity (Wildman–Crippen MR) is 59.6 cm³/mol. The number of H-pyrrole nitrogens is 1. The minimum atomic E-state index is -1.22. The average molecular weight is 268 g/mol. The van der Waals surface area contributed by atoms with Gasteiger partial charge >= 0.3 is 5.82 Å². The zero-order valence-electron chi connectivity index (χ0n) is 9.18. The van der Waals surface area contributed by atoms with E-state index < -0.39 is 28.3 Å². The molecule has 0 atom stereocenters. The summed E-state index contributed by atoms with van der Waals surface area (Å²) < 4.78 is 26.2. The summed E-state index contributed by atoms with van der Waals surface area (Å²) >= 11 is 0. The number of carbonyl (C=O) groups is 1. The Morgan fingerprint density at radius 2 is 2.16 bits per heavy atom. The number of nitro groups is 1. The Bertz CT molecular complexity index is 656. The van der Waals surface area contributed by atoms with Gasteiger partial charge in [0.2, 0.25) is 0 Å². The van der Waals surface area contributed by atoms with Crippen molar-refractivity contribution < 1.29 is 18.5 Å². The van der Waals surface area contributed by atoms with Crippen molar-refractivity contribution in [2.24, 2.45) is 0 Å². The van der Waals surface area contributed by atoms with Crippen molar-refractivity contribution in [2.45, 2.75) is 0 Å². The summed E-state index contributed by atoms with van der Waals surface area (Å²) in [5.41, 5.74) is -0.613. The fourth-order valence-corrected chi connectivity index (χ4v) is 1.31. The summed E-state index contributed by atoms with van der Waals surface area (Å²) in [4.78, 5) is 21.2. The molecule has 0 unspecified atom stereocenters. The third kappa shape index (κ3) is 2.54. The standard InChI is InChI=1S/C10H6F2N4O3/c11-5-2-1-3-6(9(5)12)13-10(17)7-4-8(15-14-7)16(18)19/h1-4H,(H,13,17)(H,14,15). The summed E-state index contributed by atoms with van der Waals surface area (Å²) in [6, 6.07) is 4.14. The highest BCUT2D eigenvalue weighted by molar-refractivity contribution is 6.03. The van der Waals surface area contributed by atoms with Crippen LogP contribution < -0.4 is 5.32 Å². The lowest BCUT2D eigenvalue weighted by Gasteiger charge is -2.04. The highest BCUT2D eigenvalue weighted by atomic mass is 19.2. The molecule has 0 aliphatic rings. The monoisotopic (exact) mass is 268 g/mol. The number of benzene rings is 1. The topological polar surface area (TPSA) is 101 Å². The van der Waals surface area contributed by atoms with Crippen molar-refractivity contribution >= 4 is 17.4 Å². The Hall–Kier alpha value is -2.84. The summed E-state index contributed by atoms with van der Waals surface area (Å²) in [5.74, 6) is -3.76. The number of amides is 1. The van der Waals surface area contributed by atoms with E-state index >= 15 is 0 Å². The van der Waals surface area contributed by atoms with E-state index in [4.69, 9.17) is 0 Å². The SMILES string of the molecule is O=C(Nc1cccc(F)c1F)c1cc([N+](=O)[O-])n[nH]1. The molecular formula is C10H6F2N4O3. The van der Waals surface area contributed by atoms with Crippen LogP contribution in [-0.2, 0) is 0 Å². The van der Waals surface area contributed by atoms with Crippen LogP contribution in [0.3, 0.4) is 0 Å². The first-order valence-electron chi connectivity index (χ1n) is 4.94. The number of halogens is 2. The molecule has 2 rings (SSSR count). The summed E-state index contributed by atoms with van der Waals surface area (Å²) in [7, 11) is 0. The zero-order chi connectivity index (χ0) is 14.0. The maximum absolute atomic E-state index is 13.3. The van der Waals surface area contributed by atoms with Gasteiger partial charge in [0.1, 0.15) is 0 Å². The number of aromatic amines is 1. The van der Waals surface area contributed by atoms with Crippen LogP contribution in [0.25, 0.3) is 0 Å². The second-order valence-electron chi connectivity index (χ2n) is 3.45. The highest BCUT2D eigenvalue weighted by Crippen LogP contribution is 2.17. The number of rotatable bonds is 3. The van der Waals surface area contributed by atoms with Crippen LogP contribution >= 0.6 is 0 Å². The van der Waals surface area contributed by atoms with Crippen molar-refractivity contribution in [3.63, 3.8) is 0 Å². The number of hydrogen-bond donors (Lipinski definition) is 2. The minimum absolute atomic E-state index is 0.240. The fourth-order valence-electron chi connectivity index (χ4n) is 1.31. The molecule has 7 nitrogen and oxygen atoms in total. The van der Waals surface area contributed by atoms with Gasteiger partial charge in [0, 0.05) is 0 Å². The van der Waals surface area contributed by atoms with Crippen LogP contribution in [0.5, 0.6) is 0 Å². The molecule has 0 saturated carbocycles. The second-order valence-corrected chi connectivity index (χ2v) is 3.45. The molecule has 2 aromatic rings. The number of anilines is 1. The van der Waals surface area contributed by atoms with E-state index in [1.165, 1.54) is 6.07 Å². The number of carbonyl (C=O) groups excluding carboxylic acids is 1. The molecule has 1 aromatic carbocycles. The highest BCUT2D eigenvalue weighted by Gasteiger charge is 2.18. The number of hydrogen-bond acceptors (Lipinski definition) is 4. The molecule has 0 spiro atoms. The van der Waals surface area contributed by atoms with Crippen molar-refractivity contribution in [3.05, 3.63) is 51.7 Å². The molecule has 98 valence electrons. The van der Waals surface area contributed by atoms with Crippen LogP contribution in [-0.4, -0.2) is 21.0 Å². The van der Waals surface area contributed by atoms with E-state index in [0.717, 1.165) is 18.2 Å². The first-order chi connectivity index (χ1) is 8.99. The molecule has 1 heterocycles. The van der Waals surface area contributed by atoms with E-state index in [1.807, 2.05) is 0 Å². The first kappa shape index (κ1) is 12.6. The summed E-state index contributed by atoms with van der Waals surface area (Å²) in [6.45, 7) is 0. The molecule has 1 amide bonds. The van der Waals surface area contributed by atoms with E-state index in [1.54, 1.807) is 0 Å². The normalized spacial score (nSPS) is 10.2. The van der Waals surface area contributed by atoms with Gasteiger partial charge in [-0.25, -0.2) is 8.78 Å². The maximum atomic E-state index is 13.3. The third-order valence-corrected chi connectivity index (χ3v) is 2.20. The maximum Gasteiger partial charge on any atom is 0.390 e. The lowest BCUT2D eigenvalue weighted by Crippen LogP contribution is -2.13. The summed E-state index contributed by atoms with van der Waals surface area (Å²) in [6.07, 6.45) is 0. The molecule has 2 N–H and O–H groups in total. The van der Waals surface area contributed by atoms with Gasteiger partial charge in [0.15, 0.2) is 17.3 Å². The van der Waals surface area contributed by atoms with Crippen molar-refractivity contribution in [1.29, 1.82) is 0 Å². The van der Waals surface area contributed by atoms with Gasteiger partial charge in [-0.15, -0.1) is 0 Å². The first-order valence-corrected chi connectivity index (χ1v) is 4.94. The molecule has 0 saturated heterocycles. The fraction of sp³-hybridized carbons (Fsp3) is 0. The molecular weight excluding hydrogens is 262 g/mol. The Kier molecular flexibility index (Phi) is 3.19. The van der Waals surface area contributed by atoms with Gasteiger partial charge < -0.3 is 15.4 Å². The molecule has 0 fully saturated rings. The Morgan fingerprint density at radius 3 is 2.79 bits per heavy atom. The van der Waals surface area contributed by atoms with Crippen LogP contribution in [0.4, 0.5) is 20.3 Å². The van der Waals surface area contributed by atoms with Crippen LogP contribution in [0.2, 0.25) is 0 Å². The van der Waals surface area contributed by atoms with Gasteiger partial charge in [0.25, 0.3) is 5.91 Å². The molecule has 1 aromatic heterocycles. The Labute approximate surface area is 104 Å². The predicted octanol–water partition coefficient (Wildman–Crippen LogP) is 1.85. The Balaban J connectivity index is 2.21. The molecule has 0 radical (unpaired) electrons. The van der Waals surface area contributed by atoms with E-state index in [9.17, 15) is 23.7 Å². The quantitative estimate of drug-likeness (QED) is 0.655. The third-order valence-electron chi connectivity index (χ3n) is 2.20. The van der Waals surface area contributed by atoms with Crippen molar-refractivity contribution in [2.75, 3.05) is 5.32 Å². The van der Waals surface area contributed by atoms with Gasteiger partial charge in [-0.1, -0.05) is 6.07 Å². The van der Waals surface area contributed by atoms with Gasteiger partial charge in [-0.2, -0.15) is 5.10 Å². The van der Waals surface area contributed by atoms with E-state index in [0.29, 0.717) is 0 Å². The number of aromatic nitrogens is 2. The minimum Gasteiger partial charge on any atom is -0.358 e. The largest absolute Gasteiger partial charge is 0.390 e. The second kappa shape index (κ2) is 4.80. The molecule has 0 aliphatic heterocycles. The van der Waals surface area contributed by atoms with Gasteiger partial charge in [-0.05, 0) is 17.1 Å². The van der Waals surface area contributed by atoms with Crippen molar-refractivity contribution in [3.8, 4) is 0 Å². The number of nitrogens with one attached hydrogen (secondary N) is 2. The molecule has 9 heteroatoms. The molecule has 0 aliphatic carbocycles. The Morgan fingerprint density at radius 1 is 1.42 bits per heavy atom. The molecule has 19 heavy (non-hydrogen) atoms. The number of nitrogens with zero attached hydrogens (tertiary/aromatic N) is 2. The van der Waals surface area contributed by atoms with Crippen molar-refractivity contribution in [1.82, 2.24) is 10.2 Å².